The van der Waals surface area contributed by atoms with Gasteiger partial charge in [-0.05, 0) is 39.8 Å². The van der Waals surface area contributed by atoms with Gasteiger partial charge in [0.05, 0.1) is 23.3 Å². The van der Waals surface area contributed by atoms with Crippen molar-refractivity contribution in [2.24, 2.45) is 0 Å². The van der Waals surface area contributed by atoms with Crippen molar-refractivity contribution >= 4 is 23.3 Å². The average Bonchev–Trinajstić information content (AvgIpc) is 2.94. The molecule has 1 N–H and O–H groups in total. The van der Waals surface area contributed by atoms with E-state index in [4.69, 9.17) is 9.47 Å². The summed E-state index contributed by atoms with van der Waals surface area (Å²) in [7, 11) is 1.38. The Morgan fingerprint density at radius 2 is 1.96 bits per heavy atom. The highest BCUT2D eigenvalue weighted by molar-refractivity contribution is 5.98. The van der Waals surface area contributed by atoms with Crippen LogP contribution in [0.2, 0.25) is 0 Å². The first-order valence-corrected chi connectivity index (χ1v) is 8.70. The lowest BCUT2D eigenvalue weighted by Gasteiger charge is -2.15. The number of anilines is 1. The highest BCUT2D eigenvalue weighted by Gasteiger charge is 2.23. The molecule has 0 aliphatic heterocycles. The van der Waals surface area contributed by atoms with E-state index in [2.05, 4.69) is 5.32 Å². The normalized spacial score (nSPS) is 11.6. The van der Waals surface area contributed by atoms with Gasteiger partial charge in [-0.15, -0.1) is 0 Å². The standard InChI is InChI=1S/C19H23N3O6/c1-6-21-11(2)9-15(12(21)3)19(24)28-13(4)18(23)20-16-10-14(22(25)26)7-8-17(16)27-5/h7-10,13H,6H2,1-5H3,(H,20,23). The third kappa shape index (κ3) is 4.30. The Labute approximate surface area is 162 Å². The number of benzene rings is 1. The van der Waals surface area contributed by atoms with Crippen molar-refractivity contribution < 1.29 is 24.0 Å². The molecule has 1 amide bonds. The molecule has 1 aromatic heterocycles. The number of amides is 1. The lowest BCUT2D eigenvalue weighted by molar-refractivity contribution is -0.384. The number of hydrogen-bond donors (Lipinski definition) is 1. The van der Waals surface area contributed by atoms with Crippen LogP contribution >= 0.6 is 0 Å². The van der Waals surface area contributed by atoms with Crippen LogP contribution < -0.4 is 10.1 Å². The van der Waals surface area contributed by atoms with Crippen LogP contribution in [0.1, 0.15) is 35.6 Å². The number of nitro groups is 1. The van der Waals surface area contributed by atoms with Gasteiger partial charge in [-0.3, -0.25) is 14.9 Å². The summed E-state index contributed by atoms with van der Waals surface area (Å²) in [6, 6.07) is 5.54. The van der Waals surface area contributed by atoms with E-state index >= 15 is 0 Å². The summed E-state index contributed by atoms with van der Waals surface area (Å²) in [4.78, 5) is 35.2. The molecule has 0 aliphatic rings. The lowest BCUT2D eigenvalue weighted by atomic mass is 10.2. The Balaban J connectivity index is 2.14. The fourth-order valence-electron chi connectivity index (χ4n) is 2.91. The molecule has 0 saturated carbocycles. The minimum Gasteiger partial charge on any atom is -0.495 e. The Bertz CT molecular complexity index is 919. The van der Waals surface area contributed by atoms with Crippen LogP contribution in [0.25, 0.3) is 0 Å². The highest BCUT2D eigenvalue weighted by atomic mass is 16.6. The lowest BCUT2D eigenvalue weighted by Crippen LogP contribution is -2.30. The third-order valence-corrected chi connectivity index (χ3v) is 4.41. The molecule has 1 heterocycles. The van der Waals surface area contributed by atoms with Crippen LogP contribution in [0.15, 0.2) is 24.3 Å². The van der Waals surface area contributed by atoms with Crippen LogP contribution in [-0.2, 0) is 16.1 Å². The van der Waals surface area contributed by atoms with Crippen molar-refractivity contribution in [2.45, 2.75) is 40.3 Å². The maximum Gasteiger partial charge on any atom is 0.340 e. The van der Waals surface area contributed by atoms with E-state index in [-0.39, 0.29) is 17.1 Å². The Morgan fingerprint density at radius 1 is 1.29 bits per heavy atom. The number of nitrogens with one attached hydrogen (secondary N) is 1. The number of non-ortho nitro benzene ring substituents is 1. The summed E-state index contributed by atoms with van der Waals surface area (Å²) < 4.78 is 12.4. The maximum atomic E-state index is 12.5. The Morgan fingerprint density at radius 3 is 2.50 bits per heavy atom. The second-order valence-electron chi connectivity index (χ2n) is 6.21. The first kappa shape index (κ1) is 20.9. The van der Waals surface area contributed by atoms with E-state index in [1.807, 2.05) is 25.3 Å². The fourth-order valence-corrected chi connectivity index (χ4v) is 2.91. The van der Waals surface area contributed by atoms with Gasteiger partial charge in [0.15, 0.2) is 6.10 Å². The average molecular weight is 389 g/mol. The fraction of sp³-hybridized carbons (Fsp3) is 0.368. The van der Waals surface area contributed by atoms with Crippen LogP contribution in [0, 0.1) is 24.0 Å². The van der Waals surface area contributed by atoms with Gasteiger partial charge in [-0.2, -0.15) is 0 Å². The van der Waals surface area contributed by atoms with Gasteiger partial charge >= 0.3 is 5.97 Å². The Hall–Kier alpha value is -3.36. The molecule has 9 heteroatoms. The first-order chi connectivity index (χ1) is 13.2. The van der Waals surface area contributed by atoms with Crippen molar-refractivity contribution in [1.29, 1.82) is 0 Å². The van der Waals surface area contributed by atoms with Gasteiger partial charge in [-0.25, -0.2) is 4.79 Å². The number of rotatable bonds is 7. The van der Waals surface area contributed by atoms with Crippen LogP contribution in [0.3, 0.4) is 0 Å². The van der Waals surface area contributed by atoms with Crippen LogP contribution in [-0.4, -0.2) is 34.6 Å². The molecule has 0 fully saturated rings. The second kappa shape index (κ2) is 8.55. The number of hydrogen-bond acceptors (Lipinski definition) is 6. The molecule has 2 aromatic rings. The zero-order valence-corrected chi connectivity index (χ0v) is 16.4. The molecule has 2 rings (SSSR count). The third-order valence-electron chi connectivity index (χ3n) is 4.41. The van der Waals surface area contributed by atoms with Crippen molar-refractivity contribution in [3.05, 3.63) is 51.3 Å². The molecule has 0 saturated heterocycles. The minimum absolute atomic E-state index is 0.119. The summed E-state index contributed by atoms with van der Waals surface area (Å²) in [6.45, 7) is 7.81. The van der Waals surface area contributed by atoms with Gasteiger partial charge in [0, 0.05) is 30.1 Å². The van der Waals surface area contributed by atoms with Crippen molar-refractivity contribution in [2.75, 3.05) is 12.4 Å². The van der Waals surface area contributed by atoms with E-state index in [9.17, 15) is 19.7 Å². The molecule has 28 heavy (non-hydrogen) atoms. The zero-order valence-electron chi connectivity index (χ0n) is 16.4. The van der Waals surface area contributed by atoms with Crippen molar-refractivity contribution in [3.8, 4) is 5.75 Å². The van der Waals surface area contributed by atoms with E-state index < -0.39 is 22.9 Å². The maximum absolute atomic E-state index is 12.5. The SMILES string of the molecule is CCn1c(C)cc(C(=O)OC(C)C(=O)Nc2cc([N+](=O)[O-])ccc2OC)c1C. The number of nitrogens with zero attached hydrogens (tertiary/aromatic N) is 2. The van der Waals surface area contributed by atoms with Crippen molar-refractivity contribution in [1.82, 2.24) is 4.57 Å². The first-order valence-electron chi connectivity index (χ1n) is 8.70. The molecule has 0 bridgehead atoms. The molecule has 1 atom stereocenters. The van der Waals surface area contributed by atoms with Gasteiger partial charge in [0.2, 0.25) is 0 Å². The largest absolute Gasteiger partial charge is 0.495 e. The van der Waals surface area contributed by atoms with Gasteiger partial charge in [-0.1, -0.05) is 0 Å². The number of esters is 1. The number of carbonyl (C=O) groups is 2. The number of ether oxygens (including phenoxy) is 2. The molecular weight excluding hydrogens is 366 g/mol. The number of nitro benzene ring substituents is 1. The summed E-state index contributed by atoms with van der Waals surface area (Å²) in [5.74, 6) is -0.984. The number of aromatic nitrogens is 1. The van der Waals surface area contributed by atoms with Crippen LogP contribution in [0.4, 0.5) is 11.4 Å². The molecule has 0 aliphatic carbocycles. The number of carbonyl (C=O) groups excluding carboxylic acids is 2. The van der Waals surface area contributed by atoms with E-state index in [0.717, 1.165) is 11.4 Å². The molecular formula is C19H23N3O6. The molecule has 0 radical (unpaired) electrons. The summed E-state index contributed by atoms with van der Waals surface area (Å²) in [5.41, 5.74) is 2.00. The smallest absolute Gasteiger partial charge is 0.340 e. The van der Waals surface area contributed by atoms with Gasteiger partial charge < -0.3 is 19.4 Å². The molecule has 9 nitrogen and oxygen atoms in total. The van der Waals surface area contributed by atoms with E-state index in [1.54, 1.807) is 6.07 Å². The summed E-state index contributed by atoms with van der Waals surface area (Å²) in [6.07, 6.45) is -1.11. The van der Waals surface area contributed by atoms with Crippen LogP contribution in [0.5, 0.6) is 5.75 Å². The predicted molar refractivity (Wildman–Crippen MR) is 103 cm³/mol. The number of aryl methyl sites for hydroxylation is 1. The molecule has 0 spiro atoms. The summed E-state index contributed by atoms with van der Waals surface area (Å²) >= 11 is 0. The zero-order chi connectivity index (χ0) is 21.0. The quantitative estimate of drug-likeness (QED) is 0.442. The van der Waals surface area contributed by atoms with Gasteiger partial charge in [0.25, 0.3) is 11.6 Å². The summed E-state index contributed by atoms with van der Waals surface area (Å²) in [5, 5.41) is 13.4. The Kier molecular flexibility index (Phi) is 6.40. The van der Waals surface area contributed by atoms with E-state index in [0.29, 0.717) is 12.1 Å². The monoisotopic (exact) mass is 389 g/mol. The van der Waals surface area contributed by atoms with E-state index in [1.165, 1.54) is 32.2 Å². The number of methoxy groups -OCH3 is 1. The molecule has 150 valence electrons. The van der Waals surface area contributed by atoms with Crippen molar-refractivity contribution in [3.63, 3.8) is 0 Å². The topological polar surface area (TPSA) is 113 Å². The van der Waals surface area contributed by atoms with Gasteiger partial charge in [0.1, 0.15) is 5.75 Å². The minimum atomic E-state index is -1.11. The molecule has 1 aromatic carbocycles. The highest BCUT2D eigenvalue weighted by Crippen LogP contribution is 2.29. The second-order valence-corrected chi connectivity index (χ2v) is 6.21. The predicted octanol–water partition coefficient (Wildman–Crippen LogP) is 3.23. The molecule has 1 unspecified atom stereocenters.